The molecule has 2 heterocycles. The molecular formula is C19H14F3N5O. The van der Waals surface area contributed by atoms with E-state index in [0.717, 1.165) is 18.9 Å². The van der Waals surface area contributed by atoms with Gasteiger partial charge < -0.3 is 4.74 Å². The number of pyridine rings is 1. The Bertz CT molecular complexity index is 1050. The lowest BCUT2D eigenvalue weighted by Gasteiger charge is -2.12. The van der Waals surface area contributed by atoms with Crippen LogP contribution in [0.2, 0.25) is 0 Å². The number of nitrogens with zero attached hydrogens (tertiary/aromatic N) is 4. The van der Waals surface area contributed by atoms with Crippen molar-refractivity contribution in [2.45, 2.75) is 19.0 Å². The van der Waals surface area contributed by atoms with Gasteiger partial charge in [0.2, 0.25) is 0 Å². The minimum atomic E-state index is -4.54. The third-order valence-electron chi connectivity index (χ3n) is 4.36. The van der Waals surface area contributed by atoms with Crippen molar-refractivity contribution >= 4 is 0 Å². The largest absolute Gasteiger partial charge is 0.493 e. The molecule has 3 aromatic rings. The van der Waals surface area contributed by atoms with E-state index in [9.17, 15) is 18.4 Å². The highest BCUT2D eigenvalue weighted by molar-refractivity contribution is 5.74. The Morgan fingerprint density at radius 1 is 1.18 bits per heavy atom. The monoisotopic (exact) mass is 385 g/mol. The second-order valence-corrected chi connectivity index (χ2v) is 6.55. The molecule has 0 atom stereocenters. The number of nitrogens with one attached hydrogen (secondary N) is 1. The molecule has 0 aliphatic heterocycles. The smallest absolute Gasteiger partial charge is 0.433 e. The summed E-state index contributed by atoms with van der Waals surface area (Å²) in [5.74, 6) is 0.978. The summed E-state index contributed by atoms with van der Waals surface area (Å²) < 4.78 is 44.9. The molecule has 0 unspecified atom stereocenters. The van der Waals surface area contributed by atoms with Crippen molar-refractivity contribution in [1.29, 1.82) is 5.26 Å². The van der Waals surface area contributed by atoms with Gasteiger partial charge in [0.15, 0.2) is 5.69 Å². The fourth-order valence-corrected chi connectivity index (χ4v) is 2.73. The van der Waals surface area contributed by atoms with Crippen molar-refractivity contribution in [3.63, 3.8) is 0 Å². The molecular weight excluding hydrogens is 371 g/mol. The summed E-state index contributed by atoms with van der Waals surface area (Å²) in [6.07, 6.45) is -2.34. The van der Waals surface area contributed by atoms with E-state index < -0.39 is 11.9 Å². The third kappa shape index (κ3) is 3.81. The minimum absolute atomic E-state index is 0.148. The maximum absolute atomic E-state index is 13.0. The van der Waals surface area contributed by atoms with E-state index in [2.05, 4.69) is 20.4 Å². The van der Waals surface area contributed by atoms with Crippen LogP contribution in [-0.2, 0) is 6.18 Å². The van der Waals surface area contributed by atoms with Crippen molar-refractivity contribution in [3.05, 3.63) is 47.8 Å². The minimum Gasteiger partial charge on any atom is -0.493 e. The third-order valence-corrected chi connectivity index (χ3v) is 4.36. The molecule has 1 aliphatic rings. The van der Waals surface area contributed by atoms with Gasteiger partial charge in [0, 0.05) is 11.1 Å². The normalized spacial score (nSPS) is 13.9. The molecule has 1 aromatic carbocycles. The lowest BCUT2D eigenvalue weighted by atomic mass is 10.0. The number of rotatable bonds is 5. The highest BCUT2D eigenvalue weighted by atomic mass is 19.4. The zero-order chi connectivity index (χ0) is 19.7. The van der Waals surface area contributed by atoms with Crippen molar-refractivity contribution in [2.75, 3.05) is 6.61 Å². The molecule has 2 aromatic heterocycles. The molecule has 0 amide bonds. The predicted molar refractivity (Wildman–Crippen MR) is 93.0 cm³/mol. The maximum Gasteiger partial charge on any atom is 0.433 e. The van der Waals surface area contributed by atoms with Gasteiger partial charge in [0.1, 0.15) is 23.2 Å². The Hall–Kier alpha value is -3.41. The van der Waals surface area contributed by atoms with E-state index in [-0.39, 0.29) is 11.4 Å². The maximum atomic E-state index is 13.0. The number of halogens is 3. The zero-order valence-corrected chi connectivity index (χ0v) is 14.5. The van der Waals surface area contributed by atoms with Crippen LogP contribution < -0.4 is 4.74 Å². The summed E-state index contributed by atoms with van der Waals surface area (Å²) in [7, 11) is 0. The van der Waals surface area contributed by atoms with Crippen molar-refractivity contribution in [1.82, 2.24) is 20.4 Å². The Balaban J connectivity index is 1.78. The molecule has 0 bridgehead atoms. The molecule has 142 valence electrons. The van der Waals surface area contributed by atoms with E-state index in [1.807, 2.05) is 6.07 Å². The number of H-pyrrole nitrogens is 1. The number of nitriles is 1. The first-order chi connectivity index (χ1) is 13.4. The molecule has 28 heavy (non-hydrogen) atoms. The number of aromatic amines is 1. The molecule has 1 saturated carbocycles. The quantitative estimate of drug-likeness (QED) is 0.711. The van der Waals surface area contributed by atoms with E-state index in [1.165, 1.54) is 12.1 Å². The second-order valence-electron chi connectivity index (χ2n) is 6.55. The first-order valence-corrected chi connectivity index (χ1v) is 8.58. The molecule has 6 nitrogen and oxygen atoms in total. The predicted octanol–water partition coefficient (Wildman–Crippen LogP) is 4.21. The van der Waals surface area contributed by atoms with Crippen LogP contribution in [0.1, 0.15) is 24.2 Å². The number of alkyl halides is 3. The van der Waals surface area contributed by atoms with E-state index in [1.54, 1.807) is 18.2 Å². The molecule has 1 N–H and O–H groups in total. The standard InChI is InChI=1S/C19H14F3N5O/c20-19(21,22)17-3-1-2-15(24-17)12-6-13(18-16(9-23)25-27-26-18)8-14(7-12)28-10-11-4-5-11/h1-3,6-8,11H,4-5,10H2,(H,25,26,27). The highest BCUT2D eigenvalue weighted by Crippen LogP contribution is 2.35. The van der Waals surface area contributed by atoms with Gasteiger partial charge in [-0.2, -0.15) is 18.4 Å². The Kier molecular flexibility index (Phi) is 4.47. The van der Waals surface area contributed by atoms with Crippen molar-refractivity contribution in [3.8, 4) is 34.3 Å². The number of benzene rings is 1. The highest BCUT2D eigenvalue weighted by Gasteiger charge is 2.32. The lowest BCUT2D eigenvalue weighted by Crippen LogP contribution is -2.08. The van der Waals surface area contributed by atoms with Crippen LogP contribution in [0.5, 0.6) is 5.75 Å². The van der Waals surface area contributed by atoms with Crippen molar-refractivity contribution < 1.29 is 17.9 Å². The zero-order valence-electron chi connectivity index (χ0n) is 14.5. The van der Waals surface area contributed by atoms with Gasteiger partial charge in [-0.3, -0.25) is 0 Å². The van der Waals surface area contributed by atoms with Gasteiger partial charge in [0.05, 0.1) is 12.3 Å². The summed E-state index contributed by atoms with van der Waals surface area (Å²) >= 11 is 0. The van der Waals surface area contributed by atoms with Gasteiger partial charge in [-0.1, -0.05) is 11.3 Å². The SMILES string of the molecule is N#Cc1[nH]nnc1-c1cc(OCC2CC2)cc(-c2cccc(C(F)(F)F)n2)c1. The van der Waals surface area contributed by atoms with Gasteiger partial charge in [-0.25, -0.2) is 10.1 Å². The van der Waals surface area contributed by atoms with Gasteiger partial charge >= 0.3 is 6.18 Å². The molecule has 4 rings (SSSR count). The van der Waals surface area contributed by atoms with Crippen LogP contribution >= 0.6 is 0 Å². The molecule has 1 aliphatic carbocycles. The number of ether oxygens (including phenoxy) is 1. The van der Waals surface area contributed by atoms with Crippen LogP contribution in [0.25, 0.3) is 22.5 Å². The van der Waals surface area contributed by atoms with E-state index in [0.29, 0.717) is 35.1 Å². The van der Waals surface area contributed by atoms with Crippen molar-refractivity contribution in [2.24, 2.45) is 5.92 Å². The number of hydrogen-bond donors (Lipinski definition) is 1. The fourth-order valence-electron chi connectivity index (χ4n) is 2.73. The topological polar surface area (TPSA) is 87.5 Å². The van der Waals surface area contributed by atoms with Crippen LogP contribution in [0, 0.1) is 17.2 Å². The van der Waals surface area contributed by atoms with Gasteiger partial charge in [-0.05, 0) is 49.1 Å². The summed E-state index contributed by atoms with van der Waals surface area (Å²) in [5.41, 5.74) is 0.564. The average Bonchev–Trinajstić information content (AvgIpc) is 3.40. The lowest BCUT2D eigenvalue weighted by molar-refractivity contribution is -0.141. The average molecular weight is 385 g/mol. The number of aromatic nitrogens is 4. The van der Waals surface area contributed by atoms with Crippen LogP contribution in [0.15, 0.2) is 36.4 Å². The Morgan fingerprint density at radius 3 is 2.68 bits per heavy atom. The summed E-state index contributed by atoms with van der Waals surface area (Å²) in [5, 5.41) is 19.2. The second kappa shape index (κ2) is 6.96. The van der Waals surface area contributed by atoms with Crippen LogP contribution in [-0.4, -0.2) is 27.0 Å². The van der Waals surface area contributed by atoms with Gasteiger partial charge in [0.25, 0.3) is 0 Å². The molecule has 1 fully saturated rings. The van der Waals surface area contributed by atoms with Gasteiger partial charge in [-0.15, -0.1) is 5.10 Å². The molecule has 0 spiro atoms. The first-order valence-electron chi connectivity index (χ1n) is 8.58. The molecule has 0 saturated heterocycles. The Labute approximate surface area is 158 Å². The summed E-state index contributed by atoms with van der Waals surface area (Å²) in [4.78, 5) is 3.74. The number of hydrogen-bond acceptors (Lipinski definition) is 5. The first kappa shape index (κ1) is 18.0. The summed E-state index contributed by atoms with van der Waals surface area (Å²) in [6, 6.07) is 10.6. The van der Waals surface area contributed by atoms with Crippen LogP contribution in [0.3, 0.4) is 0 Å². The fraction of sp³-hybridized carbons (Fsp3) is 0.263. The molecule has 0 radical (unpaired) electrons. The van der Waals surface area contributed by atoms with E-state index in [4.69, 9.17) is 4.74 Å². The van der Waals surface area contributed by atoms with Crippen LogP contribution in [0.4, 0.5) is 13.2 Å². The summed E-state index contributed by atoms with van der Waals surface area (Å²) in [6.45, 7) is 0.531. The Morgan fingerprint density at radius 2 is 1.96 bits per heavy atom. The molecule has 9 heteroatoms. The van der Waals surface area contributed by atoms with E-state index >= 15 is 0 Å².